The number of hydrogen-bond acceptors (Lipinski definition) is 6. The Balaban J connectivity index is 4.00. The summed E-state index contributed by atoms with van der Waals surface area (Å²) in [6, 6.07) is 0. The zero-order valence-electron chi connectivity index (χ0n) is 46.5. The monoisotopic (exact) mass is 987 g/mol. The highest BCUT2D eigenvalue weighted by Crippen LogP contribution is 2.16. The van der Waals surface area contributed by atoms with Crippen molar-refractivity contribution in [3.05, 3.63) is 97.2 Å². The summed E-state index contributed by atoms with van der Waals surface area (Å²) in [6.07, 6.45) is 79.3. The molecule has 0 amide bonds. The van der Waals surface area contributed by atoms with Crippen molar-refractivity contribution in [1.29, 1.82) is 0 Å². The topological polar surface area (TPSA) is 78.9 Å². The number of esters is 3. The lowest BCUT2D eigenvalue weighted by Crippen LogP contribution is -2.30. The van der Waals surface area contributed by atoms with E-state index in [0.717, 1.165) is 96.3 Å². The average molecular weight is 988 g/mol. The zero-order valence-corrected chi connectivity index (χ0v) is 46.5. The van der Waals surface area contributed by atoms with Gasteiger partial charge in [0.05, 0.1) is 6.42 Å². The second-order valence-corrected chi connectivity index (χ2v) is 19.5. The summed E-state index contributed by atoms with van der Waals surface area (Å²) in [5, 5.41) is 0. The first kappa shape index (κ1) is 67.3. The Morgan fingerprint density at radius 2 is 0.592 bits per heavy atom. The van der Waals surface area contributed by atoms with Crippen LogP contribution in [0.1, 0.15) is 278 Å². The van der Waals surface area contributed by atoms with Crippen molar-refractivity contribution in [2.45, 2.75) is 284 Å². The molecule has 6 heteroatoms. The highest BCUT2D eigenvalue weighted by Gasteiger charge is 2.19. The van der Waals surface area contributed by atoms with Crippen molar-refractivity contribution < 1.29 is 28.6 Å². The molecule has 0 saturated heterocycles. The quantitative estimate of drug-likeness (QED) is 0.0261. The predicted molar refractivity (Wildman–Crippen MR) is 307 cm³/mol. The SMILES string of the molecule is CC/C=C\C/C=C\C/C=C\C/C=C\C/C=C\CC(=O)OC(COC(=O)CCCCCCC)COC(=O)CCCCCCCCCCCCCCCCCCCC/C=C\C/C=C\C/C=C\CCCCCCC. The normalized spacial score (nSPS) is 12.8. The van der Waals surface area contributed by atoms with E-state index in [1.54, 1.807) is 6.08 Å². The minimum atomic E-state index is -0.827. The molecule has 0 aromatic carbocycles. The van der Waals surface area contributed by atoms with E-state index in [1.807, 2.05) is 6.08 Å². The second-order valence-electron chi connectivity index (χ2n) is 19.5. The van der Waals surface area contributed by atoms with E-state index in [-0.39, 0.29) is 31.6 Å². The molecule has 0 spiro atoms. The molecule has 0 saturated carbocycles. The van der Waals surface area contributed by atoms with Gasteiger partial charge in [0.1, 0.15) is 13.2 Å². The molecule has 406 valence electrons. The maximum Gasteiger partial charge on any atom is 0.310 e. The number of rotatable bonds is 53. The Hall–Kier alpha value is -3.67. The van der Waals surface area contributed by atoms with E-state index >= 15 is 0 Å². The van der Waals surface area contributed by atoms with E-state index in [4.69, 9.17) is 14.2 Å². The molecule has 0 heterocycles. The summed E-state index contributed by atoms with van der Waals surface area (Å²) in [5.41, 5.74) is 0. The number of hydrogen-bond donors (Lipinski definition) is 0. The van der Waals surface area contributed by atoms with Crippen LogP contribution in [0.5, 0.6) is 0 Å². The number of allylic oxidation sites excluding steroid dienone is 15. The Labute approximate surface area is 438 Å². The van der Waals surface area contributed by atoms with Crippen LogP contribution < -0.4 is 0 Å². The minimum absolute atomic E-state index is 0.0972. The van der Waals surface area contributed by atoms with Crippen molar-refractivity contribution in [2.75, 3.05) is 13.2 Å². The highest BCUT2D eigenvalue weighted by molar-refractivity contribution is 5.72. The van der Waals surface area contributed by atoms with Crippen LogP contribution in [-0.4, -0.2) is 37.2 Å². The maximum absolute atomic E-state index is 12.7. The molecule has 0 bridgehead atoms. The molecule has 0 N–H and O–H groups in total. The Kier molecular flexibility index (Phi) is 55.9. The largest absolute Gasteiger partial charge is 0.462 e. The summed E-state index contributed by atoms with van der Waals surface area (Å²) >= 11 is 0. The summed E-state index contributed by atoms with van der Waals surface area (Å²) in [5.74, 6) is -1.06. The zero-order chi connectivity index (χ0) is 51.4. The Bertz CT molecular complexity index is 1410. The first-order valence-corrected chi connectivity index (χ1v) is 29.7. The smallest absolute Gasteiger partial charge is 0.310 e. The van der Waals surface area contributed by atoms with Crippen LogP contribution >= 0.6 is 0 Å². The summed E-state index contributed by atoms with van der Waals surface area (Å²) in [6.45, 7) is 6.35. The maximum atomic E-state index is 12.7. The van der Waals surface area contributed by atoms with E-state index in [9.17, 15) is 14.4 Å². The molecule has 0 rings (SSSR count). The van der Waals surface area contributed by atoms with Crippen molar-refractivity contribution in [1.82, 2.24) is 0 Å². The summed E-state index contributed by atoms with van der Waals surface area (Å²) in [4.78, 5) is 37.7. The van der Waals surface area contributed by atoms with Crippen molar-refractivity contribution in [3.63, 3.8) is 0 Å². The molecular weight excluding hydrogens is 877 g/mol. The van der Waals surface area contributed by atoms with Gasteiger partial charge in [-0.2, -0.15) is 0 Å². The minimum Gasteiger partial charge on any atom is -0.462 e. The first-order valence-electron chi connectivity index (χ1n) is 29.7. The lowest BCUT2D eigenvalue weighted by Gasteiger charge is -2.18. The molecule has 1 atom stereocenters. The van der Waals surface area contributed by atoms with Crippen LogP contribution in [0.15, 0.2) is 97.2 Å². The van der Waals surface area contributed by atoms with Gasteiger partial charge in [0.15, 0.2) is 6.10 Å². The second kappa shape index (κ2) is 58.9. The average Bonchev–Trinajstić information content (AvgIpc) is 3.37. The standard InChI is InChI=1S/C65H110O6/c1-4-7-10-13-15-17-19-21-23-24-25-26-27-28-29-30-31-32-33-34-35-36-37-38-39-40-42-43-45-47-49-52-55-58-64(67)70-61-62(60-69-63(66)57-54-51-12-9-6-3)71-65(68)59-56-53-50-48-46-44-41-22-20-18-16-14-11-8-5-2/h8,11,16,18-19,21-22,24-25,27-28,41,46,48,53,56,62H,4-7,9-10,12-15,17,20,23,26,29-40,42-45,47,49-52,54-55,57-61H2,1-3H3/b11-8-,18-16-,21-19-,25-24-,28-27-,41-22-,48-46-,56-53-. The van der Waals surface area contributed by atoms with Crippen molar-refractivity contribution in [2.24, 2.45) is 0 Å². The number of carbonyl (C=O) groups excluding carboxylic acids is 3. The molecular formula is C65H110O6. The molecule has 0 aliphatic carbocycles. The summed E-state index contributed by atoms with van der Waals surface area (Å²) < 4.78 is 16.6. The van der Waals surface area contributed by atoms with Gasteiger partial charge in [-0.25, -0.2) is 0 Å². The van der Waals surface area contributed by atoms with Gasteiger partial charge in [0.2, 0.25) is 0 Å². The molecule has 1 unspecified atom stereocenters. The van der Waals surface area contributed by atoms with Crippen LogP contribution in [0.2, 0.25) is 0 Å². The van der Waals surface area contributed by atoms with Crippen LogP contribution in [-0.2, 0) is 28.6 Å². The van der Waals surface area contributed by atoms with Crippen LogP contribution in [0.3, 0.4) is 0 Å². The Morgan fingerprint density at radius 3 is 0.930 bits per heavy atom. The number of unbranched alkanes of at least 4 members (excludes halogenated alkanes) is 27. The van der Waals surface area contributed by atoms with Gasteiger partial charge >= 0.3 is 17.9 Å². The van der Waals surface area contributed by atoms with E-state index in [0.29, 0.717) is 12.8 Å². The van der Waals surface area contributed by atoms with E-state index < -0.39 is 12.1 Å². The number of ether oxygens (including phenoxy) is 3. The van der Waals surface area contributed by atoms with Gasteiger partial charge in [0, 0.05) is 12.8 Å². The highest BCUT2D eigenvalue weighted by atomic mass is 16.6. The third-order valence-corrected chi connectivity index (χ3v) is 12.6. The summed E-state index contributed by atoms with van der Waals surface area (Å²) in [7, 11) is 0. The fourth-order valence-corrected chi connectivity index (χ4v) is 8.17. The van der Waals surface area contributed by atoms with Crippen molar-refractivity contribution >= 4 is 17.9 Å². The predicted octanol–water partition coefficient (Wildman–Crippen LogP) is 20.1. The molecule has 0 radical (unpaired) electrons. The van der Waals surface area contributed by atoms with Crippen molar-refractivity contribution in [3.8, 4) is 0 Å². The van der Waals surface area contributed by atoms with Crippen LogP contribution in [0.25, 0.3) is 0 Å². The molecule has 0 aliphatic heterocycles. The molecule has 0 fully saturated rings. The molecule has 0 aromatic heterocycles. The van der Waals surface area contributed by atoms with E-state index in [2.05, 4.69) is 106 Å². The van der Waals surface area contributed by atoms with Crippen LogP contribution in [0.4, 0.5) is 0 Å². The first-order chi connectivity index (χ1) is 35.0. The van der Waals surface area contributed by atoms with Gasteiger partial charge in [-0.05, 0) is 83.5 Å². The molecule has 0 aliphatic rings. The molecule has 0 aromatic rings. The van der Waals surface area contributed by atoms with Gasteiger partial charge in [0.25, 0.3) is 0 Å². The molecule has 6 nitrogen and oxygen atoms in total. The number of carbonyl (C=O) groups is 3. The Morgan fingerprint density at radius 1 is 0.310 bits per heavy atom. The van der Waals surface area contributed by atoms with Gasteiger partial charge in [-0.1, -0.05) is 272 Å². The molecule has 71 heavy (non-hydrogen) atoms. The van der Waals surface area contributed by atoms with Gasteiger partial charge in [-0.15, -0.1) is 0 Å². The van der Waals surface area contributed by atoms with Crippen LogP contribution in [0, 0.1) is 0 Å². The lowest BCUT2D eigenvalue weighted by molar-refractivity contribution is -0.166. The third-order valence-electron chi connectivity index (χ3n) is 12.6. The fraction of sp³-hybridized carbons (Fsp3) is 0.708. The third kappa shape index (κ3) is 57.1. The van der Waals surface area contributed by atoms with E-state index in [1.165, 1.54) is 141 Å². The van der Waals surface area contributed by atoms with Gasteiger partial charge < -0.3 is 14.2 Å². The lowest BCUT2D eigenvalue weighted by atomic mass is 10.0. The fourth-order valence-electron chi connectivity index (χ4n) is 8.17. The van der Waals surface area contributed by atoms with Gasteiger partial charge in [-0.3, -0.25) is 14.4 Å².